The zero-order chi connectivity index (χ0) is 8.27. The Bertz CT molecular complexity index is 301. The fraction of sp³-hybridized carbons (Fsp3) is 0.100. The summed E-state index contributed by atoms with van der Waals surface area (Å²) in [6.07, 6.45) is 6.87. The van der Waals surface area contributed by atoms with Crippen LogP contribution in [0.25, 0.3) is 5.57 Å². The summed E-state index contributed by atoms with van der Waals surface area (Å²) in [4.78, 5) is 4.02. The van der Waals surface area contributed by atoms with Crippen LogP contribution in [0.5, 0.6) is 0 Å². The summed E-state index contributed by atoms with van der Waals surface area (Å²) in [5, 5.41) is 0. The Hall–Kier alpha value is -1.55. The number of pyridine rings is 1. The molecule has 0 bridgehead atoms. The van der Waals surface area contributed by atoms with Gasteiger partial charge in [-0.05, 0) is 24.1 Å². The number of hydrogen-bond donors (Lipinski definition) is 0. The molecule has 1 aromatic rings. The number of allylic oxidation sites excluding steroid dienone is 1. The van der Waals surface area contributed by atoms with Crippen LogP contribution in [0.2, 0.25) is 0 Å². The maximum absolute atomic E-state index is 5.14. The van der Waals surface area contributed by atoms with Crippen LogP contribution in [-0.4, -0.2) is 4.98 Å². The van der Waals surface area contributed by atoms with Crippen LogP contribution in [0.3, 0.4) is 0 Å². The SMILES string of the molecule is C#Cc1ccc(C(=C)C)cn1. The average Bonchev–Trinajstić information content (AvgIpc) is 2.05. The summed E-state index contributed by atoms with van der Waals surface area (Å²) >= 11 is 0. The van der Waals surface area contributed by atoms with Gasteiger partial charge in [0.15, 0.2) is 0 Å². The molecular formula is C10H9N. The fourth-order valence-electron chi connectivity index (χ4n) is 0.732. The topological polar surface area (TPSA) is 12.9 Å². The van der Waals surface area contributed by atoms with Crippen molar-refractivity contribution in [2.24, 2.45) is 0 Å². The van der Waals surface area contributed by atoms with E-state index in [4.69, 9.17) is 6.42 Å². The van der Waals surface area contributed by atoms with Gasteiger partial charge in [0.05, 0.1) is 0 Å². The molecule has 0 amide bonds. The first-order valence-corrected chi connectivity index (χ1v) is 3.32. The number of nitrogens with zero attached hydrogens (tertiary/aromatic N) is 1. The van der Waals surface area contributed by atoms with Crippen molar-refractivity contribution in [3.05, 3.63) is 36.2 Å². The minimum Gasteiger partial charge on any atom is -0.247 e. The molecule has 0 aliphatic heterocycles. The maximum Gasteiger partial charge on any atom is 0.112 e. The second-order valence-electron chi connectivity index (χ2n) is 2.36. The third-order valence-electron chi connectivity index (χ3n) is 1.40. The molecule has 0 aliphatic carbocycles. The molecule has 0 saturated carbocycles. The monoisotopic (exact) mass is 143 g/mol. The number of terminal acetylenes is 1. The Morgan fingerprint density at radius 3 is 2.73 bits per heavy atom. The molecule has 0 saturated heterocycles. The van der Waals surface area contributed by atoms with Crippen LogP contribution in [0, 0.1) is 12.3 Å². The molecule has 0 atom stereocenters. The maximum atomic E-state index is 5.14. The van der Waals surface area contributed by atoms with Gasteiger partial charge in [-0.1, -0.05) is 18.6 Å². The predicted molar refractivity (Wildman–Crippen MR) is 46.9 cm³/mol. The summed E-state index contributed by atoms with van der Waals surface area (Å²) in [6.45, 7) is 5.73. The molecular weight excluding hydrogens is 134 g/mol. The van der Waals surface area contributed by atoms with Crippen molar-refractivity contribution in [3.8, 4) is 12.3 Å². The van der Waals surface area contributed by atoms with Crippen LogP contribution in [0.15, 0.2) is 24.9 Å². The first kappa shape index (κ1) is 7.56. The molecule has 1 rings (SSSR count). The van der Waals surface area contributed by atoms with Crippen molar-refractivity contribution < 1.29 is 0 Å². The minimum absolute atomic E-state index is 0.662. The molecule has 11 heavy (non-hydrogen) atoms. The highest BCUT2D eigenvalue weighted by atomic mass is 14.7. The average molecular weight is 143 g/mol. The van der Waals surface area contributed by atoms with Gasteiger partial charge in [-0.2, -0.15) is 0 Å². The lowest BCUT2D eigenvalue weighted by atomic mass is 10.1. The molecule has 0 aromatic carbocycles. The second-order valence-corrected chi connectivity index (χ2v) is 2.36. The molecule has 54 valence electrons. The summed E-state index contributed by atoms with van der Waals surface area (Å²) in [5.74, 6) is 2.45. The number of aromatic nitrogens is 1. The van der Waals surface area contributed by atoms with Crippen LogP contribution >= 0.6 is 0 Å². The van der Waals surface area contributed by atoms with E-state index in [-0.39, 0.29) is 0 Å². The Balaban J connectivity index is 3.03. The van der Waals surface area contributed by atoms with Gasteiger partial charge in [0.1, 0.15) is 5.69 Å². The van der Waals surface area contributed by atoms with Gasteiger partial charge in [-0.25, -0.2) is 4.98 Å². The Morgan fingerprint density at radius 1 is 1.64 bits per heavy atom. The summed E-state index contributed by atoms with van der Waals surface area (Å²) in [7, 11) is 0. The molecule has 0 spiro atoms. The Labute approximate surface area is 66.8 Å². The van der Waals surface area contributed by atoms with E-state index in [0.717, 1.165) is 11.1 Å². The first-order valence-electron chi connectivity index (χ1n) is 3.32. The van der Waals surface area contributed by atoms with Crippen LogP contribution in [0.4, 0.5) is 0 Å². The summed E-state index contributed by atoms with van der Waals surface area (Å²) in [6, 6.07) is 3.73. The highest BCUT2D eigenvalue weighted by Crippen LogP contribution is 2.08. The van der Waals surface area contributed by atoms with Crippen LogP contribution in [0.1, 0.15) is 18.2 Å². The highest BCUT2D eigenvalue weighted by molar-refractivity contribution is 5.60. The largest absolute Gasteiger partial charge is 0.247 e. The smallest absolute Gasteiger partial charge is 0.112 e. The van der Waals surface area contributed by atoms with E-state index in [0.29, 0.717) is 5.69 Å². The van der Waals surface area contributed by atoms with Gasteiger partial charge >= 0.3 is 0 Å². The normalized spacial score (nSPS) is 8.73. The molecule has 1 aromatic heterocycles. The van der Waals surface area contributed by atoms with Gasteiger partial charge in [0, 0.05) is 6.20 Å². The van der Waals surface area contributed by atoms with Crippen molar-refractivity contribution in [2.45, 2.75) is 6.92 Å². The van der Waals surface area contributed by atoms with E-state index in [1.165, 1.54) is 0 Å². The van der Waals surface area contributed by atoms with Gasteiger partial charge < -0.3 is 0 Å². The third-order valence-corrected chi connectivity index (χ3v) is 1.40. The Kier molecular flexibility index (Phi) is 2.08. The second kappa shape index (κ2) is 3.03. The zero-order valence-corrected chi connectivity index (χ0v) is 6.46. The molecule has 0 unspecified atom stereocenters. The molecule has 0 N–H and O–H groups in total. The van der Waals surface area contributed by atoms with E-state index in [2.05, 4.69) is 17.5 Å². The molecule has 1 heterocycles. The predicted octanol–water partition coefficient (Wildman–Crippen LogP) is 2.10. The highest BCUT2D eigenvalue weighted by Gasteiger charge is 1.92. The van der Waals surface area contributed by atoms with E-state index in [1.807, 2.05) is 19.1 Å². The van der Waals surface area contributed by atoms with Crippen LogP contribution in [-0.2, 0) is 0 Å². The van der Waals surface area contributed by atoms with Crippen molar-refractivity contribution in [3.63, 3.8) is 0 Å². The molecule has 0 fully saturated rings. The molecule has 0 radical (unpaired) electrons. The minimum atomic E-state index is 0.662. The molecule has 0 aliphatic rings. The van der Waals surface area contributed by atoms with Gasteiger partial charge in [0.25, 0.3) is 0 Å². The number of hydrogen-bond acceptors (Lipinski definition) is 1. The summed E-state index contributed by atoms with van der Waals surface area (Å²) in [5.41, 5.74) is 2.69. The lowest BCUT2D eigenvalue weighted by molar-refractivity contribution is 1.27. The van der Waals surface area contributed by atoms with Crippen molar-refractivity contribution in [1.82, 2.24) is 4.98 Å². The third kappa shape index (κ3) is 1.68. The lowest BCUT2D eigenvalue weighted by Crippen LogP contribution is -1.83. The Morgan fingerprint density at radius 2 is 2.36 bits per heavy atom. The van der Waals surface area contributed by atoms with Gasteiger partial charge in [-0.3, -0.25) is 0 Å². The summed E-state index contributed by atoms with van der Waals surface area (Å²) < 4.78 is 0. The van der Waals surface area contributed by atoms with Gasteiger partial charge in [-0.15, -0.1) is 6.42 Å². The molecule has 1 nitrogen and oxygen atoms in total. The van der Waals surface area contributed by atoms with E-state index in [9.17, 15) is 0 Å². The van der Waals surface area contributed by atoms with E-state index < -0.39 is 0 Å². The first-order chi connectivity index (χ1) is 5.24. The molecule has 1 heteroatoms. The van der Waals surface area contributed by atoms with Crippen molar-refractivity contribution in [2.75, 3.05) is 0 Å². The van der Waals surface area contributed by atoms with Crippen molar-refractivity contribution in [1.29, 1.82) is 0 Å². The quantitative estimate of drug-likeness (QED) is 0.548. The standard InChI is InChI=1S/C10H9N/c1-4-10-6-5-9(7-11-10)8(2)3/h1,5-7H,2H2,3H3. The number of rotatable bonds is 1. The van der Waals surface area contributed by atoms with Crippen molar-refractivity contribution >= 4 is 5.57 Å². The van der Waals surface area contributed by atoms with Gasteiger partial charge in [0.2, 0.25) is 0 Å². The van der Waals surface area contributed by atoms with Crippen LogP contribution < -0.4 is 0 Å². The lowest BCUT2D eigenvalue weighted by Gasteiger charge is -1.96. The zero-order valence-electron chi connectivity index (χ0n) is 6.46. The van der Waals surface area contributed by atoms with E-state index in [1.54, 1.807) is 6.20 Å². The fourth-order valence-corrected chi connectivity index (χ4v) is 0.732. The van der Waals surface area contributed by atoms with E-state index >= 15 is 0 Å².